The lowest BCUT2D eigenvalue weighted by atomic mass is 9.96. The van der Waals surface area contributed by atoms with E-state index < -0.39 is 11.6 Å². The summed E-state index contributed by atoms with van der Waals surface area (Å²) in [5.41, 5.74) is 0.146. The van der Waals surface area contributed by atoms with Crippen LogP contribution in [0.5, 0.6) is 5.75 Å². The zero-order valence-corrected chi connectivity index (χ0v) is 17.6. The average molecular weight is 422 g/mol. The van der Waals surface area contributed by atoms with E-state index in [2.05, 4.69) is 15.4 Å². The van der Waals surface area contributed by atoms with Crippen LogP contribution < -0.4 is 20.1 Å². The Labute approximate surface area is 175 Å². The van der Waals surface area contributed by atoms with Crippen LogP contribution in [-0.4, -0.2) is 29.8 Å². The molecule has 6 nitrogen and oxygen atoms in total. The predicted octanol–water partition coefficient (Wildman–Crippen LogP) is 3.85. The summed E-state index contributed by atoms with van der Waals surface area (Å²) in [6.07, 6.45) is 7.62. The van der Waals surface area contributed by atoms with Gasteiger partial charge in [-0.05, 0) is 63.1 Å². The van der Waals surface area contributed by atoms with Gasteiger partial charge >= 0.3 is 6.03 Å². The SMILES string of the molecule is CC(NSC/C=C/CCC1(C)NC(=O)NC1=O)c1ccc(F)c(OCC2CC2)c1. The number of rotatable bonds is 11. The molecule has 1 aliphatic heterocycles. The van der Waals surface area contributed by atoms with Crippen molar-refractivity contribution < 1.29 is 18.7 Å². The maximum atomic E-state index is 13.9. The molecule has 0 aromatic heterocycles. The van der Waals surface area contributed by atoms with Gasteiger partial charge in [-0.3, -0.25) is 14.8 Å². The minimum atomic E-state index is -0.830. The molecule has 0 bridgehead atoms. The normalized spacial score (nSPS) is 22.6. The van der Waals surface area contributed by atoms with Crippen molar-refractivity contribution in [2.45, 2.75) is 51.1 Å². The lowest BCUT2D eigenvalue weighted by Crippen LogP contribution is -2.43. The molecule has 2 fully saturated rings. The number of benzene rings is 1. The molecule has 1 aromatic carbocycles. The van der Waals surface area contributed by atoms with Crippen LogP contribution in [0, 0.1) is 11.7 Å². The van der Waals surface area contributed by atoms with Crippen molar-refractivity contribution in [1.82, 2.24) is 15.4 Å². The first kappa shape index (κ1) is 21.6. The lowest BCUT2D eigenvalue weighted by Gasteiger charge is -2.19. The van der Waals surface area contributed by atoms with Crippen LogP contribution in [-0.2, 0) is 4.79 Å². The van der Waals surface area contributed by atoms with E-state index in [1.807, 2.05) is 19.1 Å². The Morgan fingerprint density at radius 1 is 1.38 bits per heavy atom. The summed E-state index contributed by atoms with van der Waals surface area (Å²) in [5.74, 6) is 1.06. The van der Waals surface area contributed by atoms with Gasteiger partial charge in [-0.2, -0.15) is 0 Å². The van der Waals surface area contributed by atoms with Crippen molar-refractivity contribution in [2.24, 2.45) is 5.92 Å². The van der Waals surface area contributed by atoms with Crippen molar-refractivity contribution in [1.29, 1.82) is 0 Å². The van der Waals surface area contributed by atoms with Crippen LogP contribution in [0.25, 0.3) is 0 Å². The van der Waals surface area contributed by atoms with Crippen molar-refractivity contribution in [2.75, 3.05) is 12.4 Å². The van der Waals surface area contributed by atoms with E-state index in [0.717, 1.165) is 11.3 Å². The summed E-state index contributed by atoms with van der Waals surface area (Å²) >= 11 is 1.56. The Kier molecular flexibility index (Phi) is 7.18. The van der Waals surface area contributed by atoms with Gasteiger partial charge < -0.3 is 10.1 Å². The molecule has 3 N–H and O–H groups in total. The quantitative estimate of drug-likeness (QED) is 0.219. The summed E-state index contributed by atoms with van der Waals surface area (Å²) in [7, 11) is 0. The minimum Gasteiger partial charge on any atom is -0.490 e. The number of nitrogens with one attached hydrogen (secondary N) is 3. The highest BCUT2D eigenvalue weighted by molar-refractivity contribution is 7.97. The number of carbonyl (C=O) groups is 2. The highest BCUT2D eigenvalue weighted by Gasteiger charge is 2.40. The molecule has 8 heteroatoms. The molecule has 2 atom stereocenters. The molecule has 0 radical (unpaired) electrons. The zero-order valence-electron chi connectivity index (χ0n) is 16.8. The fourth-order valence-electron chi connectivity index (χ4n) is 2.99. The summed E-state index contributed by atoms with van der Waals surface area (Å²) in [6.45, 7) is 4.34. The van der Waals surface area contributed by atoms with Gasteiger partial charge in [-0.15, -0.1) is 0 Å². The Bertz CT molecular complexity index is 784. The maximum Gasteiger partial charge on any atom is 0.322 e. The van der Waals surface area contributed by atoms with Crippen LogP contribution in [0.3, 0.4) is 0 Å². The number of carbonyl (C=O) groups excluding carboxylic acids is 2. The molecule has 1 saturated carbocycles. The van der Waals surface area contributed by atoms with Gasteiger partial charge in [0.15, 0.2) is 11.6 Å². The molecule has 1 saturated heterocycles. The van der Waals surface area contributed by atoms with Crippen LogP contribution >= 0.6 is 11.9 Å². The van der Waals surface area contributed by atoms with E-state index in [9.17, 15) is 14.0 Å². The second-order valence-electron chi connectivity index (χ2n) is 7.85. The van der Waals surface area contributed by atoms with Gasteiger partial charge in [0.2, 0.25) is 0 Å². The highest BCUT2D eigenvalue weighted by atomic mass is 32.2. The molecule has 2 aliphatic rings. The van der Waals surface area contributed by atoms with Crippen LogP contribution in [0.1, 0.15) is 51.1 Å². The van der Waals surface area contributed by atoms with Crippen LogP contribution in [0.2, 0.25) is 0 Å². The third-order valence-electron chi connectivity index (χ3n) is 5.16. The van der Waals surface area contributed by atoms with E-state index in [1.54, 1.807) is 31.0 Å². The van der Waals surface area contributed by atoms with Gasteiger partial charge in [0, 0.05) is 11.8 Å². The number of hydrogen-bond acceptors (Lipinski definition) is 5. The molecule has 3 rings (SSSR count). The Morgan fingerprint density at radius 2 is 2.17 bits per heavy atom. The van der Waals surface area contributed by atoms with E-state index >= 15 is 0 Å². The first-order valence-corrected chi connectivity index (χ1v) is 10.9. The number of urea groups is 1. The summed E-state index contributed by atoms with van der Waals surface area (Å²) in [4.78, 5) is 23.0. The third kappa shape index (κ3) is 6.21. The van der Waals surface area contributed by atoms with Crippen molar-refractivity contribution in [3.8, 4) is 5.75 Å². The maximum absolute atomic E-state index is 13.9. The van der Waals surface area contributed by atoms with Gasteiger partial charge in [-0.1, -0.05) is 30.2 Å². The van der Waals surface area contributed by atoms with Gasteiger partial charge in [0.1, 0.15) is 5.54 Å². The molecule has 3 amide bonds. The number of imide groups is 1. The lowest BCUT2D eigenvalue weighted by molar-refractivity contribution is -0.123. The van der Waals surface area contributed by atoms with Crippen LogP contribution in [0.4, 0.5) is 9.18 Å². The van der Waals surface area contributed by atoms with E-state index in [1.165, 1.54) is 18.9 Å². The Balaban J connectivity index is 1.36. The third-order valence-corrected chi connectivity index (χ3v) is 6.04. The largest absolute Gasteiger partial charge is 0.490 e. The van der Waals surface area contributed by atoms with Crippen molar-refractivity contribution >= 4 is 23.9 Å². The highest BCUT2D eigenvalue weighted by Crippen LogP contribution is 2.31. The minimum absolute atomic E-state index is 0.0496. The predicted molar refractivity (Wildman–Crippen MR) is 112 cm³/mol. The second-order valence-corrected chi connectivity index (χ2v) is 8.70. The Morgan fingerprint density at radius 3 is 2.86 bits per heavy atom. The summed E-state index contributed by atoms with van der Waals surface area (Å²) < 4.78 is 22.9. The summed E-state index contributed by atoms with van der Waals surface area (Å²) in [6, 6.07) is 4.62. The zero-order chi connectivity index (χ0) is 20.9. The molecule has 158 valence electrons. The molecule has 1 heterocycles. The average Bonchev–Trinajstić information content (AvgIpc) is 3.46. The fraction of sp³-hybridized carbons (Fsp3) is 0.524. The topological polar surface area (TPSA) is 79.5 Å². The number of hydrogen-bond donors (Lipinski definition) is 3. The van der Waals surface area contributed by atoms with E-state index in [-0.39, 0.29) is 17.8 Å². The standard InChI is InChI=1S/C21H28FN3O3S/c1-14(16-8-9-17(22)18(12-16)28-13-15-6-7-15)25-29-11-5-3-4-10-21(2)19(26)23-20(27)24-21/h3,5,8-9,12,14-15,25H,4,6-7,10-11,13H2,1-2H3,(H2,23,24,26,27)/b5-3+. The molecular formula is C21H28FN3O3S. The van der Waals surface area contributed by atoms with Crippen molar-refractivity contribution in [3.63, 3.8) is 0 Å². The van der Waals surface area contributed by atoms with Gasteiger partial charge in [-0.25, -0.2) is 9.18 Å². The van der Waals surface area contributed by atoms with E-state index in [4.69, 9.17) is 4.74 Å². The first-order chi connectivity index (χ1) is 13.9. The number of allylic oxidation sites excluding steroid dienone is 1. The van der Waals surface area contributed by atoms with Gasteiger partial charge in [0.05, 0.1) is 6.61 Å². The van der Waals surface area contributed by atoms with Gasteiger partial charge in [0.25, 0.3) is 5.91 Å². The smallest absolute Gasteiger partial charge is 0.322 e. The second kappa shape index (κ2) is 9.63. The molecule has 29 heavy (non-hydrogen) atoms. The first-order valence-electron chi connectivity index (χ1n) is 9.95. The molecule has 1 aliphatic carbocycles. The number of halogens is 1. The molecule has 1 aromatic rings. The number of amides is 3. The number of ether oxygens (including phenoxy) is 1. The van der Waals surface area contributed by atoms with Crippen LogP contribution in [0.15, 0.2) is 30.4 Å². The molecule has 2 unspecified atom stereocenters. The Hall–Kier alpha value is -2.06. The summed E-state index contributed by atoms with van der Waals surface area (Å²) in [5, 5.41) is 4.91. The van der Waals surface area contributed by atoms with Crippen molar-refractivity contribution in [3.05, 3.63) is 41.7 Å². The van der Waals surface area contributed by atoms with E-state index in [0.29, 0.717) is 31.1 Å². The fourth-order valence-corrected chi connectivity index (χ4v) is 3.71. The molecule has 0 spiro atoms. The monoisotopic (exact) mass is 421 g/mol. The molecular weight excluding hydrogens is 393 g/mol.